The molecule has 1 aliphatic rings. The van der Waals surface area contributed by atoms with Crippen molar-refractivity contribution in [3.63, 3.8) is 0 Å². The fraction of sp³-hybridized carbons (Fsp3) is 0.714. The number of carbonyl (C=O) groups is 1. The van der Waals surface area contributed by atoms with Gasteiger partial charge in [-0.05, 0) is 24.7 Å². The summed E-state index contributed by atoms with van der Waals surface area (Å²) < 4.78 is 5.23. The number of aromatic nitrogens is 1. The molecule has 20 heavy (non-hydrogen) atoms. The van der Waals surface area contributed by atoms with Crippen LogP contribution in [0.25, 0.3) is 0 Å². The molecular weight excluding hydrogens is 276 g/mol. The largest absolute Gasteiger partial charge is 0.477 e. The predicted molar refractivity (Wildman–Crippen MR) is 80.0 cm³/mol. The molecule has 2 rings (SSSR count). The Hall–Kier alpha value is -1.14. The number of thiazole rings is 1. The molecule has 0 bridgehead atoms. The maximum atomic E-state index is 11.3. The van der Waals surface area contributed by atoms with Gasteiger partial charge in [0.2, 0.25) is 0 Å². The van der Waals surface area contributed by atoms with Gasteiger partial charge in [-0.1, -0.05) is 25.2 Å². The van der Waals surface area contributed by atoms with Crippen molar-refractivity contribution in [2.24, 2.45) is 5.92 Å². The second kappa shape index (κ2) is 6.54. The number of aromatic carboxylic acids is 1. The van der Waals surface area contributed by atoms with Crippen molar-refractivity contribution in [1.29, 1.82) is 0 Å². The van der Waals surface area contributed by atoms with Gasteiger partial charge in [-0.25, -0.2) is 9.78 Å². The van der Waals surface area contributed by atoms with Crippen LogP contribution in [0.4, 0.5) is 5.13 Å². The van der Waals surface area contributed by atoms with Crippen molar-refractivity contribution in [1.82, 2.24) is 4.98 Å². The SMILES string of the molecule is COCC1CCCN(c2nc(C(C)C)c(C(=O)O)s2)C1. The van der Waals surface area contributed by atoms with Crippen LogP contribution >= 0.6 is 11.3 Å². The lowest BCUT2D eigenvalue weighted by atomic mass is 9.99. The number of nitrogens with zero attached hydrogens (tertiary/aromatic N) is 2. The number of carboxylic acid groups (broad SMARTS) is 1. The quantitative estimate of drug-likeness (QED) is 0.905. The summed E-state index contributed by atoms with van der Waals surface area (Å²) in [7, 11) is 1.72. The Kier molecular flexibility index (Phi) is 4.99. The Morgan fingerprint density at radius 3 is 2.90 bits per heavy atom. The molecule has 1 N–H and O–H groups in total. The minimum atomic E-state index is -0.872. The van der Waals surface area contributed by atoms with E-state index in [9.17, 15) is 9.90 Å². The number of carboxylic acids is 1. The Morgan fingerprint density at radius 1 is 1.60 bits per heavy atom. The first-order valence-electron chi connectivity index (χ1n) is 7.00. The molecule has 0 saturated carbocycles. The molecule has 1 saturated heterocycles. The van der Waals surface area contributed by atoms with Gasteiger partial charge in [0.1, 0.15) is 4.88 Å². The minimum absolute atomic E-state index is 0.130. The predicted octanol–water partition coefficient (Wildman–Crippen LogP) is 2.83. The van der Waals surface area contributed by atoms with E-state index in [1.807, 2.05) is 13.8 Å². The van der Waals surface area contributed by atoms with E-state index in [0.29, 0.717) is 16.5 Å². The van der Waals surface area contributed by atoms with Crippen LogP contribution in [0.2, 0.25) is 0 Å². The van der Waals surface area contributed by atoms with E-state index < -0.39 is 5.97 Å². The Balaban J connectivity index is 2.20. The van der Waals surface area contributed by atoms with Gasteiger partial charge >= 0.3 is 5.97 Å². The molecule has 2 heterocycles. The van der Waals surface area contributed by atoms with Gasteiger partial charge in [0, 0.05) is 20.2 Å². The summed E-state index contributed by atoms with van der Waals surface area (Å²) in [5.74, 6) is -0.234. The van der Waals surface area contributed by atoms with Crippen LogP contribution in [0.3, 0.4) is 0 Å². The molecule has 0 amide bonds. The Morgan fingerprint density at radius 2 is 2.35 bits per heavy atom. The molecule has 1 aromatic rings. The van der Waals surface area contributed by atoms with Crippen LogP contribution in [0, 0.1) is 5.92 Å². The molecule has 0 aliphatic carbocycles. The summed E-state index contributed by atoms with van der Waals surface area (Å²) in [6, 6.07) is 0. The van der Waals surface area contributed by atoms with Gasteiger partial charge < -0.3 is 14.7 Å². The van der Waals surface area contributed by atoms with Gasteiger partial charge in [0.05, 0.1) is 12.3 Å². The smallest absolute Gasteiger partial charge is 0.347 e. The van der Waals surface area contributed by atoms with E-state index in [1.165, 1.54) is 17.8 Å². The molecule has 0 spiro atoms. The molecule has 0 aromatic carbocycles. The fourth-order valence-electron chi connectivity index (χ4n) is 2.61. The number of anilines is 1. The van der Waals surface area contributed by atoms with Gasteiger partial charge in [-0.3, -0.25) is 0 Å². The molecule has 6 heteroatoms. The van der Waals surface area contributed by atoms with Gasteiger partial charge in [-0.15, -0.1) is 0 Å². The lowest BCUT2D eigenvalue weighted by Gasteiger charge is -2.32. The van der Waals surface area contributed by atoms with Crippen molar-refractivity contribution >= 4 is 22.4 Å². The van der Waals surface area contributed by atoms with Gasteiger partial charge in [0.15, 0.2) is 5.13 Å². The molecule has 5 nitrogen and oxygen atoms in total. The van der Waals surface area contributed by atoms with Crippen molar-refractivity contribution < 1.29 is 14.6 Å². The van der Waals surface area contributed by atoms with E-state index in [0.717, 1.165) is 31.2 Å². The molecule has 1 atom stereocenters. The molecule has 1 aromatic heterocycles. The van der Waals surface area contributed by atoms with E-state index >= 15 is 0 Å². The van der Waals surface area contributed by atoms with Crippen LogP contribution in [0.15, 0.2) is 0 Å². The van der Waals surface area contributed by atoms with Crippen LogP contribution in [-0.2, 0) is 4.74 Å². The second-order valence-corrected chi connectivity index (χ2v) is 6.56. The summed E-state index contributed by atoms with van der Waals surface area (Å²) in [6.07, 6.45) is 2.27. The highest BCUT2D eigenvalue weighted by atomic mass is 32.1. The molecule has 1 aliphatic heterocycles. The monoisotopic (exact) mass is 298 g/mol. The van der Waals surface area contributed by atoms with Crippen LogP contribution in [-0.4, -0.2) is 42.9 Å². The summed E-state index contributed by atoms with van der Waals surface area (Å²) in [6.45, 7) is 6.57. The molecule has 0 radical (unpaired) electrons. The fourth-order valence-corrected chi connectivity index (χ4v) is 3.71. The zero-order chi connectivity index (χ0) is 14.7. The number of ether oxygens (including phenoxy) is 1. The van der Waals surface area contributed by atoms with Crippen molar-refractivity contribution in [3.05, 3.63) is 10.6 Å². The first-order chi connectivity index (χ1) is 9.52. The molecule has 112 valence electrons. The lowest BCUT2D eigenvalue weighted by Crippen LogP contribution is -2.37. The third kappa shape index (κ3) is 3.30. The maximum absolute atomic E-state index is 11.3. The average molecular weight is 298 g/mol. The molecule has 1 unspecified atom stereocenters. The van der Waals surface area contributed by atoms with Crippen LogP contribution < -0.4 is 4.90 Å². The normalized spacial score (nSPS) is 19.6. The highest BCUT2D eigenvalue weighted by Gasteiger charge is 2.26. The topological polar surface area (TPSA) is 62.7 Å². The van der Waals surface area contributed by atoms with Gasteiger partial charge in [-0.2, -0.15) is 0 Å². The number of hydrogen-bond donors (Lipinski definition) is 1. The number of hydrogen-bond acceptors (Lipinski definition) is 5. The highest BCUT2D eigenvalue weighted by molar-refractivity contribution is 7.17. The van der Waals surface area contributed by atoms with Crippen molar-refractivity contribution in [2.45, 2.75) is 32.6 Å². The summed E-state index contributed by atoms with van der Waals surface area (Å²) in [5, 5.41) is 10.1. The third-order valence-electron chi connectivity index (χ3n) is 3.58. The Labute approximate surface area is 123 Å². The molecular formula is C14H22N2O3S. The first kappa shape index (κ1) is 15.3. The number of methoxy groups -OCH3 is 1. The second-order valence-electron chi connectivity index (χ2n) is 5.58. The lowest BCUT2D eigenvalue weighted by molar-refractivity contribution is 0.0700. The number of rotatable bonds is 5. The van der Waals surface area contributed by atoms with Crippen molar-refractivity contribution in [3.8, 4) is 0 Å². The van der Waals surface area contributed by atoms with E-state index in [1.54, 1.807) is 7.11 Å². The summed E-state index contributed by atoms with van der Waals surface area (Å²) >= 11 is 1.30. The minimum Gasteiger partial charge on any atom is -0.477 e. The van der Waals surface area contributed by atoms with E-state index in [-0.39, 0.29) is 5.92 Å². The zero-order valence-electron chi connectivity index (χ0n) is 12.3. The van der Waals surface area contributed by atoms with E-state index in [2.05, 4.69) is 9.88 Å². The first-order valence-corrected chi connectivity index (χ1v) is 7.82. The summed E-state index contributed by atoms with van der Waals surface area (Å²) in [4.78, 5) is 18.5. The zero-order valence-corrected chi connectivity index (χ0v) is 13.1. The maximum Gasteiger partial charge on any atom is 0.347 e. The van der Waals surface area contributed by atoms with Crippen LogP contribution in [0.1, 0.15) is 48.0 Å². The Bertz CT molecular complexity index is 471. The average Bonchev–Trinajstić information content (AvgIpc) is 2.85. The molecule has 1 fully saturated rings. The summed E-state index contributed by atoms with van der Waals surface area (Å²) in [5.41, 5.74) is 0.700. The van der Waals surface area contributed by atoms with E-state index in [4.69, 9.17) is 4.74 Å². The van der Waals surface area contributed by atoms with Crippen LogP contribution in [0.5, 0.6) is 0 Å². The van der Waals surface area contributed by atoms with Crippen molar-refractivity contribution in [2.75, 3.05) is 31.7 Å². The van der Waals surface area contributed by atoms with Gasteiger partial charge in [0.25, 0.3) is 0 Å². The standard InChI is InChI=1S/C14H22N2O3S/c1-9(2)11-12(13(17)18)20-14(15-11)16-6-4-5-10(7-16)8-19-3/h9-10H,4-8H2,1-3H3,(H,17,18). The highest BCUT2D eigenvalue weighted by Crippen LogP contribution is 2.33. The number of piperidine rings is 1. The third-order valence-corrected chi connectivity index (χ3v) is 4.70.